The van der Waals surface area contributed by atoms with Gasteiger partial charge in [0.05, 0.1) is 18.3 Å². The van der Waals surface area contributed by atoms with Gasteiger partial charge in [0.15, 0.2) is 11.5 Å². The van der Waals surface area contributed by atoms with E-state index >= 15 is 0 Å². The van der Waals surface area contributed by atoms with E-state index in [9.17, 15) is 9.59 Å². The van der Waals surface area contributed by atoms with Crippen molar-refractivity contribution >= 4 is 23.3 Å². The summed E-state index contributed by atoms with van der Waals surface area (Å²) in [6.07, 6.45) is 1.78. The van der Waals surface area contributed by atoms with Crippen molar-refractivity contribution in [3.8, 4) is 11.3 Å². The van der Waals surface area contributed by atoms with E-state index in [1.807, 2.05) is 36.4 Å². The summed E-state index contributed by atoms with van der Waals surface area (Å²) in [4.78, 5) is 32.4. The van der Waals surface area contributed by atoms with E-state index < -0.39 is 5.91 Å². The number of carbonyl (C=O) groups excluding carboxylic acids is 2. The van der Waals surface area contributed by atoms with Crippen LogP contribution in [0.1, 0.15) is 16.1 Å². The zero-order chi connectivity index (χ0) is 19.2. The van der Waals surface area contributed by atoms with Crippen LogP contribution in [-0.2, 0) is 11.2 Å². The molecule has 0 radical (unpaired) electrons. The molecule has 27 heavy (non-hydrogen) atoms. The number of nitrogens with two attached hydrogens (primary N) is 1. The summed E-state index contributed by atoms with van der Waals surface area (Å²) in [7, 11) is 1.50. The summed E-state index contributed by atoms with van der Waals surface area (Å²) < 4.78 is 0. The van der Waals surface area contributed by atoms with E-state index in [2.05, 4.69) is 20.6 Å². The van der Waals surface area contributed by atoms with E-state index in [0.29, 0.717) is 16.9 Å². The number of nitrogens with zero attached hydrogens (tertiary/aromatic N) is 2. The molecule has 0 spiro atoms. The second-order valence-corrected chi connectivity index (χ2v) is 5.86. The zero-order valence-corrected chi connectivity index (χ0v) is 14.8. The van der Waals surface area contributed by atoms with Gasteiger partial charge >= 0.3 is 0 Å². The topological polar surface area (TPSA) is 110 Å². The number of hydrogen-bond acceptors (Lipinski definition) is 5. The molecule has 1 heterocycles. The lowest BCUT2D eigenvalue weighted by Gasteiger charge is -2.09. The van der Waals surface area contributed by atoms with Gasteiger partial charge in [-0.05, 0) is 17.7 Å². The number of carbonyl (C=O) groups is 2. The standard InChI is InChI=1S/C20H19N5O2/c1-22-20(27)18-19(21)23-12-16(25-18)14-8-5-9-15(11-14)24-17(26)10-13-6-3-2-4-7-13/h2-9,11-12H,10H2,1H3,(H2,21,23)(H,22,27)(H,24,26). The third-order valence-corrected chi connectivity index (χ3v) is 3.89. The van der Waals surface area contributed by atoms with Crippen LogP contribution in [0.2, 0.25) is 0 Å². The molecule has 0 aliphatic rings. The highest BCUT2D eigenvalue weighted by molar-refractivity contribution is 5.96. The Labute approximate surface area is 156 Å². The lowest BCUT2D eigenvalue weighted by Crippen LogP contribution is -2.21. The van der Waals surface area contributed by atoms with Crippen LogP contribution in [0.4, 0.5) is 11.5 Å². The predicted molar refractivity (Wildman–Crippen MR) is 104 cm³/mol. The summed E-state index contributed by atoms with van der Waals surface area (Å²) in [6.45, 7) is 0. The Balaban J connectivity index is 1.79. The number of nitrogens with one attached hydrogen (secondary N) is 2. The lowest BCUT2D eigenvalue weighted by atomic mass is 10.1. The number of nitrogen functional groups attached to an aromatic ring is 1. The molecule has 0 saturated heterocycles. The molecule has 0 saturated carbocycles. The summed E-state index contributed by atoms with van der Waals surface area (Å²) >= 11 is 0. The first-order chi connectivity index (χ1) is 13.1. The molecule has 136 valence electrons. The van der Waals surface area contributed by atoms with Crippen LogP contribution >= 0.6 is 0 Å². The second kappa shape index (κ2) is 8.09. The number of benzene rings is 2. The fourth-order valence-corrected chi connectivity index (χ4v) is 2.57. The normalized spacial score (nSPS) is 10.3. The number of rotatable bonds is 5. The summed E-state index contributed by atoms with van der Waals surface area (Å²) in [5.74, 6) is -0.465. The number of amides is 2. The molecule has 0 atom stereocenters. The van der Waals surface area contributed by atoms with Gasteiger partial charge in [-0.2, -0.15) is 0 Å². The molecular formula is C20H19N5O2. The molecule has 2 aromatic carbocycles. The molecule has 0 aliphatic carbocycles. The average molecular weight is 361 g/mol. The predicted octanol–water partition coefficient (Wildman–Crippen LogP) is 2.27. The molecule has 0 fully saturated rings. The Hall–Kier alpha value is -3.74. The van der Waals surface area contributed by atoms with Crippen molar-refractivity contribution in [1.29, 1.82) is 0 Å². The van der Waals surface area contributed by atoms with Gasteiger partial charge < -0.3 is 16.4 Å². The Morgan fingerprint density at radius 1 is 1.07 bits per heavy atom. The van der Waals surface area contributed by atoms with Crippen molar-refractivity contribution in [2.45, 2.75) is 6.42 Å². The summed E-state index contributed by atoms with van der Waals surface area (Å²) in [6, 6.07) is 16.7. The molecule has 4 N–H and O–H groups in total. The van der Waals surface area contributed by atoms with Gasteiger partial charge in [0.1, 0.15) is 0 Å². The Morgan fingerprint density at radius 3 is 2.59 bits per heavy atom. The van der Waals surface area contributed by atoms with Crippen LogP contribution in [0.5, 0.6) is 0 Å². The van der Waals surface area contributed by atoms with Crippen molar-refractivity contribution in [3.63, 3.8) is 0 Å². The van der Waals surface area contributed by atoms with Crippen LogP contribution in [-0.4, -0.2) is 28.8 Å². The van der Waals surface area contributed by atoms with Gasteiger partial charge in [0.2, 0.25) is 5.91 Å². The van der Waals surface area contributed by atoms with E-state index in [1.54, 1.807) is 18.2 Å². The van der Waals surface area contributed by atoms with Crippen LogP contribution < -0.4 is 16.4 Å². The molecule has 3 rings (SSSR count). The van der Waals surface area contributed by atoms with Crippen molar-refractivity contribution in [1.82, 2.24) is 15.3 Å². The van der Waals surface area contributed by atoms with Crippen LogP contribution in [0.15, 0.2) is 60.8 Å². The SMILES string of the molecule is CNC(=O)c1nc(-c2cccc(NC(=O)Cc3ccccc3)c2)cnc1N. The van der Waals surface area contributed by atoms with Crippen molar-refractivity contribution < 1.29 is 9.59 Å². The summed E-state index contributed by atoms with van der Waals surface area (Å²) in [5, 5.41) is 5.35. The maximum atomic E-state index is 12.2. The Kier molecular flexibility index (Phi) is 5.41. The van der Waals surface area contributed by atoms with Gasteiger partial charge in [-0.25, -0.2) is 9.97 Å². The molecule has 1 aromatic heterocycles. The minimum atomic E-state index is -0.408. The fourth-order valence-electron chi connectivity index (χ4n) is 2.57. The highest BCUT2D eigenvalue weighted by Crippen LogP contribution is 2.22. The number of aromatic nitrogens is 2. The van der Waals surface area contributed by atoms with Crippen molar-refractivity contribution in [2.75, 3.05) is 18.1 Å². The molecule has 2 amide bonds. The average Bonchev–Trinajstić information content (AvgIpc) is 2.68. The van der Waals surface area contributed by atoms with Crippen LogP contribution in [0, 0.1) is 0 Å². The van der Waals surface area contributed by atoms with Gasteiger partial charge in [-0.1, -0.05) is 42.5 Å². The van der Waals surface area contributed by atoms with Crippen molar-refractivity contribution in [3.05, 3.63) is 72.1 Å². The van der Waals surface area contributed by atoms with Gasteiger partial charge in [-0.15, -0.1) is 0 Å². The minimum Gasteiger partial charge on any atom is -0.382 e. The third-order valence-electron chi connectivity index (χ3n) is 3.89. The number of anilines is 2. The molecule has 0 unspecified atom stereocenters. The maximum Gasteiger partial charge on any atom is 0.273 e. The van der Waals surface area contributed by atoms with E-state index in [0.717, 1.165) is 5.56 Å². The second-order valence-electron chi connectivity index (χ2n) is 5.86. The molecular weight excluding hydrogens is 342 g/mol. The first-order valence-corrected chi connectivity index (χ1v) is 8.35. The minimum absolute atomic E-state index is 0.0606. The van der Waals surface area contributed by atoms with E-state index in [1.165, 1.54) is 13.2 Å². The molecule has 7 nitrogen and oxygen atoms in total. The van der Waals surface area contributed by atoms with Crippen molar-refractivity contribution in [2.24, 2.45) is 0 Å². The summed E-state index contributed by atoms with van der Waals surface area (Å²) in [5.41, 5.74) is 8.55. The van der Waals surface area contributed by atoms with E-state index in [4.69, 9.17) is 5.73 Å². The zero-order valence-electron chi connectivity index (χ0n) is 14.8. The Bertz CT molecular complexity index is 973. The fraction of sp³-hybridized carbons (Fsp3) is 0.100. The quantitative estimate of drug-likeness (QED) is 0.646. The highest BCUT2D eigenvalue weighted by atomic mass is 16.2. The monoisotopic (exact) mass is 361 g/mol. The van der Waals surface area contributed by atoms with Crippen LogP contribution in [0.3, 0.4) is 0 Å². The maximum absolute atomic E-state index is 12.2. The first kappa shape index (κ1) is 18.1. The van der Waals surface area contributed by atoms with Gasteiger partial charge in [0, 0.05) is 18.3 Å². The first-order valence-electron chi connectivity index (χ1n) is 8.35. The largest absolute Gasteiger partial charge is 0.382 e. The van der Waals surface area contributed by atoms with E-state index in [-0.39, 0.29) is 23.8 Å². The molecule has 0 aliphatic heterocycles. The molecule has 7 heteroatoms. The number of hydrogen-bond donors (Lipinski definition) is 3. The van der Waals surface area contributed by atoms with Crippen LogP contribution in [0.25, 0.3) is 11.3 Å². The van der Waals surface area contributed by atoms with Gasteiger partial charge in [-0.3, -0.25) is 9.59 Å². The lowest BCUT2D eigenvalue weighted by molar-refractivity contribution is -0.115. The third kappa shape index (κ3) is 4.46. The molecule has 0 bridgehead atoms. The smallest absolute Gasteiger partial charge is 0.273 e. The molecule has 3 aromatic rings. The Morgan fingerprint density at radius 2 is 1.85 bits per heavy atom. The van der Waals surface area contributed by atoms with Gasteiger partial charge in [0.25, 0.3) is 5.91 Å². The highest BCUT2D eigenvalue weighted by Gasteiger charge is 2.13.